The molecule has 0 radical (unpaired) electrons. The number of alkyl halides is 1. The Balaban J connectivity index is 2.14. The Kier molecular flexibility index (Phi) is 3.78. The van der Waals surface area contributed by atoms with E-state index in [1.807, 2.05) is 0 Å². The number of nitrogens with zero attached hydrogens (tertiary/aromatic N) is 4. The largest absolute Gasteiger partial charge is 0.350 e. The fourth-order valence-electron chi connectivity index (χ4n) is 1.70. The van der Waals surface area contributed by atoms with Crippen LogP contribution in [0.25, 0.3) is 5.65 Å². The van der Waals surface area contributed by atoms with Gasteiger partial charge in [-0.25, -0.2) is 13.9 Å². The zero-order chi connectivity index (χ0) is 12.3. The van der Waals surface area contributed by atoms with E-state index in [0.717, 1.165) is 12.8 Å². The van der Waals surface area contributed by atoms with Gasteiger partial charge in [0.05, 0.1) is 6.20 Å². The average molecular weight is 255 g/mol. The van der Waals surface area contributed by atoms with Gasteiger partial charge >= 0.3 is 5.69 Å². The van der Waals surface area contributed by atoms with Crippen molar-refractivity contribution < 1.29 is 0 Å². The molecule has 2 heterocycles. The molecule has 2 aromatic rings. The third-order valence-corrected chi connectivity index (χ3v) is 3.04. The minimum atomic E-state index is -0.111. The maximum Gasteiger partial charge on any atom is 0.350 e. The zero-order valence-corrected chi connectivity index (χ0v) is 10.5. The first-order valence-electron chi connectivity index (χ1n) is 5.67. The highest BCUT2D eigenvalue weighted by atomic mass is 35.5. The molecule has 1 unspecified atom stereocenters. The number of aryl methyl sites for hydroxylation is 1. The van der Waals surface area contributed by atoms with Crippen LogP contribution in [-0.2, 0) is 6.54 Å². The van der Waals surface area contributed by atoms with Gasteiger partial charge in [-0.2, -0.15) is 0 Å². The van der Waals surface area contributed by atoms with E-state index in [1.165, 1.54) is 9.08 Å². The molecule has 0 spiro atoms. The minimum absolute atomic E-state index is 0.111. The summed E-state index contributed by atoms with van der Waals surface area (Å²) in [5, 5.41) is 4.22. The van der Waals surface area contributed by atoms with Crippen molar-refractivity contribution in [1.29, 1.82) is 0 Å². The second-order valence-electron chi connectivity index (χ2n) is 4.18. The lowest BCUT2D eigenvalue weighted by atomic mass is 10.1. The Morgan fingerprint density at radius 3 is 3.00 bits per heavy atom. The van der Waals surface area contributed by atoms with Crippen molar-refractivity contribution in [2.24, 2.45) is 5.92 Å². The molecular weight excluding hydrogens is 240 g/mol. The molecule has 0 aliphatic carbocycles. The van der Waals surface area contributed by atoms with Crippen LogP contribution in [0.15, 0.2) is 23.4 Å². The fourth-order valence-corrected chi connectivity index (χ4v) is 2.07. The molecule has 2 aromatic heterocycles. The number of halogens is 1. The standard InChI is InChI=1S/C11H15ClN4O/c1-9(2-4-12)3-6-16-11(17)15-7-5-13-8-10(15)14-16/h5,7-9H,2-4,6H2,1H3. The summed E-state index contributed by atoms with van der Waals surface area (Å²) in [6, 6.07) is 0. The average Bonchev–Trinajstić information content (AvgIpc) is 2.65. The molecular formula is C11H15ClN4O. The van der Waals surface area contributed by atoms with Gasteiger partial charge in [0.1, 0.15) is 0 Å². The van der Waals surface area contributed by atoms with Gasteiger partial charge in [0.2, 0.25) is 0 Å². The molecule has 0 aliphatic heterocycles. The van der Waals surface area contributed by atoms with Gasteiger partial charge in [0.15, 0.2) is 5.65 Å². The summed E-state index contributed by atoms with van der Waals surface area (Å²) in [5.74, 6) is 1.16. The fraction of sp³-hybridized carbons (Fsp3) is 0.545. The minimum Gasteiger partial charge on any atom is -0.259 e. The van der Waals surface area contributed by atoms with Crippen molar-refractivity contribution in [2.75, 3.05) is 5.88 Å². The van der Waals surface area contributed by atoms with E-state index in [1.54, 1.807) is 18.6 Å². The van der Waals surface area contributed by atoms with Crippen LogP contribution >= 0.6 is 11.6 Å². The lowest BCUT2D eigenvalue weighted by molar-refractivity contribution is 0.443. The molecule has 0 aliphatic rings. The number of fused-ring (bicyclic) bond motifs is 1. The van der Waals surface area contributed by atoms with Gasteiger partial charge in [-0.05, 0) is 18.8 Å². The van der Waals surface area contributed by atoms with Crippen LogP contribution in [-0.4, -0.2) is 25.0 Å². The SMILES string of the molecule is CC(CCCl)CCn1nc2cnccn2c1=O. The first kappa shape index (κ1) is 12.1. The van der Waals surface area contributed by atoms with E-state index in [9.17, 15) is 4.79 Å². The quantitative estimate of drug-likeness (QED) is 0.761. The molecule has 1 atom stereocenters. The second kappa shape index (κ2) is 5.31. The molecule has 0 saturated carbocycles. The molecule has 0 bridgehead atoms. The first-order valence-corrected chi connectivity index (χ1v) is 6.21. The normalized spacial score (nSPS) is 13.1. The van der Waals surface area contributed by atoms with Crippen molar-refractivity contribution in [3.8, 4) is 0 Å². The topological polar surface area (TPSA) is 52.2 Å². The summed E-state index contributed by atoms with van der Waals surface area (Å²) < 4.78 is 2.99. The predicted octanol–water partition coefficient (Wildman–Crippen LogP) is 1.55. The van der Waals surface area contributed by atoms with Crippen LogP contribution in [0.3, 0.4) is 0 Å². The highest BCUT2D eigenvalue weighted by Gasteiger charge is 2.08. The monoisotopic (exact) mass is 254 g/mol. The van der Waals surface area contributed by atoms with E-state index in [-0.39, 0.29) is 5.69 Å². The highest BCUT2D eigenvalue weighted by molar-refractivity contribution is 6.17. The summed E-state index contributed by atoms with van der Waals surface area (Å²) >= 11 is 5.68. The summed E-state index contributed by atoms with van der Waals surface area (Å²) in [7, 11) is 0. The molecule has 0 N–H and O–H groups in total. The van der Waals surface area contributed by atoms with Gasteiger partial charge in [-0.15, -0.1) is 16.7 Å². The lowest BCUT2D eigenvalue weighted by Gasteiger charge is -2.07. The summed E-state index contributed by atoms with van der Waals surface area (Å²) in [5.41, 5.74) is 0.475. The number of rotatable bonds is 5. The van der Waals surface area contributed by atoms with E-state index in [2.05, 4.69) is 17.0 Å². The highest BCUT2D eigenvalue weighted by Crippen LogP contribution is 2.09. The molecule has 0 fully saturated rings. The Labute approximate surface area is 104 Å². The van der Waals surface area contributed by atoms with Crippen molar-refractivity contribution in [3.05, 3.63) is 29.1 Å². The van der Waals surface area contributed by atoms with Crippen LogP contribution in [0.4, 0.5) is 0 Å². The second-order valence-corrected chi connectivity index (χ2v) is 4.56. The zero-order valence-electron chi connectivity index (χ0n) is 9.71. The molecule has 6 heteroatoms. The van der Waals surface area contributed by atoms with E-state index in [4.69, 9.17) is 11.6 Å². The molecule has 0 amide bonds. The maximum absolute atomic E-state index is 11.9. The van der Waals surface area contributed by atoms with Crippen LogP contribution in [0.5, 0.6) is 0 Å². The number of hydrogen-bond donors (Lipinski definition) is 0. The number of aromatic nitrogens is 4. The summed E-state index contributed by atoms with van der Waals surface area (Å²) in [6.07, 6.45) is 6.66. The Morgan fingerprint density at radius 2 is 2.29 bits per heavy atom. The molecule has 5 nitrogen and oxygen atoms in total. The van der Waals surface area contributed by atoms with Crippen molar-refractivity contribution in [3.63, 3.8) is 0 Å². The van der Waals surface area contributed by atoms with Gasteiger partial charge in [-0.1, -0.05) is 6.92 Å². The Morgan fingerprint density at radius 1 is 1.47 bits per heavy atom. The Hall–Kier alpha value is -1.36. The van der Waals surface area contributed by atoms with Crippen LogP contribution in [0, 0.1) is 5.92 Å². The van der Waals surface area contributed by atoms with Crippen molar-refractivity contribution in [1.82, 2.24) is 19.2 Å². The van der Waals surface area contributed by atoms with E-state index >= 15 is 0 Å². The smallest absolute Gasteiger partial charge is 0.259 e. The number of hydrogen-bond acceptors (Lipinski definition) is 3. The summed E-state index contributed by atoms with van der Waals surface area (Å²) in [6.45, 7) is 2.75. The van der Waals surface area contributed by atoms with Gasteiger partial charge in [0.25, 0.3) is 0 Å². The van der Waals surface area contributed by atoms with Crippen LogP contribution < -0.4 is 5.69 Å². The van der Waals surface area contributed by atoms with E-state index < -0.39 is 0 Å². The molecule has 17 heavy (non-hydrogen) atoms. The maximum atomic E-state index is 11.9. The van der Waals surface area contributed by atoms with Gasteiger partial charge in [0, 0.05) is 24.8 Å². The first-order chi connectivity index (χ1) is 8.22. The summed E-state index contributed by atoms with van der Waals surface area (Å²) in [4.78, 5) is 15.8. The molecule has 0 aromatic carbocycles. The Bertz CT molecular complexity index is 548. The van der Waals surface area contributed by atoms with Gasteiger partial charge < -0.3 is 0 Å². The van der Waals surface area contributed by atoms with Gasteiger partial charge in [-0.3, -0.25) is 4.98 Å². The van der Waals surface area contributed by atoms with Crippen molar-refractivity contribution in [2.45, 2.75) is 26.3 Å². The lowest BCUT2D eigenvalue weighted by Crippen LogP contribution is -2.22. The van der Waals surface area contributed by atoms with E-state index in [0.29, 0.717) is 24.0 Å². The van der Waals surface area contributed by atoms with Crippen molar-refractivity contribution >= 4 is 17.2 Å². The van der Waals surface area contributed by atoms with Crippen LogP contribution in [0.1, 0.15) is 19.8 Å². The third-order valence-electron chi connectivity index (χ3n) is 2.82. The predicted molar refractivity (Wildman–Crippen MR) is 66.4 cm³/mol. The molecule has 2 rings (SSSR count). The van der Waals surface area contributed by atoms with Crippen LogP contribution in [0.2, 0.25) is 0 Å². The third kappa shape index (κ3) is 2.66. The molecule has 92 valence electrons. The molecule has 0 saturated heterocycles.